The molecule has 1 aliphatic heterocycles. The van der Waals surface area contributed by atoms with Crippen molar-refractivity contribution in [3.05, 3.63) is 47.5 Å². The SMILES string of the molecule is C/C(=C\Cc1ccccc1)CCC1SCCCS1. The van der Waals surface area contributed by atoms with Crippen molar-refractivity contribution < 1.29 is 0 Å². The van der Waals surface area contributed by atoms with Gasteiger partial charge in [0.15, 0.2) is 0 Å². The van der Waals surface area contributed by atoms with E-state index in [1.165, 1.54) is 36.3 Å². The van der Waals surface area contributed by atoms with Gasteiger partial charge in [0.05, 0.1) is 4.58 Å². The van der Waals surface area contributed by atoms with Crippen LogP contribution >= 0.6 is 23.5 Å². The van der Waals surface area contributed by atoms with E-state index in [-0.39, 0.29) is 0 Å². The van der Waals surface area contributed by atoms with Crippen molar-refractivity contribution in [2.75, 3.05) is 11.5 Å². The molecule has 98 valence electrons. The Morgan fingerprint density at radius 1 is 1.22 bits per heavy atom. The van der Waals surface area contributed by atoms with Gasteiger partial charge in [0.1, 0.15) is 0 Å². The predicted molar refractivity (Wildman–Crippen MR) is 86.5 cm³/mol. The van der Waals surface area contributed by atoms with Crippen molar-refractivity contribution in [2.45, 2.75) is 37.2 Å². The zero-order valence-corrected chi connectivity index (χ0v) is 12.7. The van der Waals surface area contributed by atoms with Gasteiger partial charge < -0.3 is 0 Å². The highest BCUT2D eigenvalue weighted by molar-refractivity contribution is 8.17. The summed E-state index contributed by atoms with van der Waals surface area (Å²) in [5, 5.41) is 0. The molecule has 1 aromatic rings. The molecule has 0 unspecified atom stereocenters. The van der Waals surface area contributed by atoms with Crippen LogP contribution in [-0.2, 0) is 6.42 Å². The summed E-state index contributed by atoms with van der Waals surface area (Å²) in [5.41, 5.74) is 2.96. The summed E-state index contributed by atoms with van der Waals surface area (Å²) < 4.78 is 0.846. The first kappa shape index (κ1) is 14.1. The molecule has 0 saturated carbocycles. The van der Waals surface area contributed by atoms with Crippen molar-refractivity contribution in [1.29, 1.82) is 0 Å². The van der Waals surface area contributed by atoms with E-state index in [4.69, 9.17) is 0 Å². The number of rotatable bonds is 5. The molecule has 0 atom stereocenters. The molecule has 0 radical (unpaired) electrons. The van der Waals surface area contributed by atoms with Crippen molar-refractivity contribution in [3.8, 4) is 0 Å². The van der Waals surface area contributed by atoms with Gasteiger partial charge in [-0.05, 0) is 49.7 Å². The maximum Gasteiger partial charge on any atom is 0.0505 e. The first-order valence-electron chi connectivity index (χ1n) is 6.77. The fourth-order valence-electron chi connectivity index (χ4n) is 2.06. The average Bonchev–Trinajstić information content (AvgIpc) is 2.45. The number of hydrogen-bond donors (Lipinski definition) is 0. The van der Waals surface area contributed by atoms with Gasteiger partial charge in [0.2, 0.25) is 0 Å². The van der Waals surface area contributed by atoms with Gasteiger partial charge >= 0.3 is 0 Å². The summed E-state index contributed by atoms with van der Waals surface area (Å²) in [7, 11) is 0. The van der Waals surface area contributed by atoms with Crippen LogP contribution in [0.4, 0.5) is 0 Å². The summed E-state index contributed by atoms with van der Waals surface area (Å²) in [4.78, 5) is 0. The summed E-state index contributed by atoms with van der Waals surface area (Å²) in [6.45, 7) is 2.28. The molecule has 0 bridgehead atoms. The van der Waals surface area contributed by atoms with E-state index in [2.05, 4.69) is 66.9 Å². The summed E-state index contributed by atoms with van der Waals surface area (Å²) in [5.74, 6) is 2.73. The normalized spacial score (nSPS) is 17.9. The Morgan fingerprint density at radius 3 is 2.67 bits per heavy atom. The van der Waals surface area contributed by atoms with Crippen LogP contribution in [0.2, 0.25) is 0 Å². The van der Waals surface area contributed by atoms with Gasteiger partial charge in [-0.25, -0.2) is 0 Å². The molecule has 2 heteroatoms. The number of hydrogen-bond acceptors (Lipinski definition) is 2. The molecule has 1 aromatic carbocycles. The third-order valence-corrected chi connectivity index (χ3v) is 6.28. The van der Waals surface area contributed by atoms with Gasteiger partial charge in [-0.2, -0.15) is 0 Å². The minimum Gasteiger partial charge on any atom is -0.148 e. The lowest BCUT2D eigenvalue weighted by molar-refractivity contribution is 0.875. The quantitative estimate of drug-likeness (QED) is 0.683. The molecule has 0 amide bonds. The van der Waals surface area contributed by atoms with E-state index in [0.29, 0.717) is 0 Å². The largest absolute Gasteiger partial charge is 0.148 e. The summed E-state index contributed by atoms with van der Waals surface area (Å²) in [6, 6.07) is 10.7. The summed E-state index contributed by atoms with van der Waals surface area (Å²) >= 11 is 4.31. The van der Waals surface area contributed by atoms with E-state index >= 15 is 0 Å². The number of benzene rings is 1. The second-order valence-corrected chi connectivity index (χ2v) is 7.72. The first-order valence-corrected chi connectivity index (χ1v) is 8.87. The molecular weight excluding hydrogens is 256 g/mol. The van der Waals surface area contributed by atoms with E-state index in [9.17, 15) is 0 Å². The predicted octanol–water partition coefficient (Wildman–Crippen LogP) is 5.15. The Hall–Kier alpha value is -0.340. The maximum absolute atomic E-state index is 2.40. The Kier molecular flexibility index (Phi) is 6.22. The van der Waals surface area contributed by atoms with E-state index in [1.807, 2.05) is 0 Å². The zero-order valence-electron chi connectivity index (χ0n) is 11.1. The second-order valence-electron chi connectivity index (χ2n) is 4.80. The molecule has 2 rings (SSSR count). The van der Waals surface area contributed by atoms with Crippen LogP contribution < -0.4 is 0 Å². The Balaban J connectivity index is 1.72. The monoisotopic (exact) mass is 278 g/mol. The first-order chi connectivity index (χ1) is 8.84. The summed E-state index contributed by atoms with van der Waals surface area (Å²) in [6.07, 6.45) is 7.48. The Bertz CT molecular complexity index is 364. The molecule has 0 aliphatic carbocycles. The van der Waals surface area contributed by atoms with Crippen LogP contribution in [0.3, 0.4) is 0 Å². The zero-order chi connectivity index (χ0) is 12.6. The van der Waals surface area contributed by atoms with Gasteiger partial charge in [0.25, 0.3) is 0 Å². The standard InChI is InChI=1S/C16H22S2/c1-14(8-10-15-6-3-2-4-7-15)9-11-16-17-12-5-13-18-16/h2-4,6-8,16H,5,9-13H2,1H3/b14-8+. The lowest BCUT2D eigenvalue weighted by Crippen LogP contribution is -2.06. The van der Waals surface area contributed by atoms with Gasteiger partial charge in [-0.15, -0.1) is 23.5 Å². The minimum atomic E-state index is 0.846. The van der Waals surface area contributed by atoms with Crippen LogP contribution in [0, 0.1) is 0 Å². The van der Waals surface area contributed by atoms with Crippen molar-refractivity contribution >= 4 is 23.5 Å². The molecule has 1 aliphatic rings. The van der Waals surface area contributed by atoms with Crippen molar-refractivity contribution in [3.63, 3.8) is 0 Å². The number of allylic oxidation sites excluding steroid dienone is 2. The molecular formula is C16H22S2. The second kappa shape index (κ2) is 7.96. The highest BCUT2D eigenvalue weighted by Gasteiger charge is 2.13. The maximum atomic E-state index is 2.40. The fraction of sp³-hybridized carbons (Fsp3) is 0.500. The van der Waals surface area contributed by atoms with Crippen LogP contribution in [0.15, 0.2) is 42.0 Å². The van der Waals surface area contributed by atoms with Gasteiger partial charge in [-0.1, -0.05) is 42.0 Å². The molecule has 18 heavy (non-hydrogen) atoms. The average molecular weight is 278 g/mol. The van der Waals surface area contributed by atoms with Crippen LogP contribution in [0.25, 0.3) is 0 Å². The van der Waals surface area contributed by atoms with Crippen LogP contribution in [0.5, 0.6) is 0 Å². The number of thioether (sulfide) groups is 2. The van der Waals surface area contributed by atoms with Crippen molar-refractivity contribution in [1.82, 2.24) is 0 Å². The molecule has 0 aromatic heterocycles. The van der Waals surface area contributed by atoms with E-state index in [1.54, 1.807) is 5.57 Å². The van der Waals surface area contributed by atoms with E-state index in [0.717, 1.165) is 11.0 Å². The molecule has 1 fully saturated rings. The lowest BCUT2D eigenvalue weighted by Gasteiger charge is -2.20. The molecule has 0 nitrogen and oxygen atoms in total. The fourth-order valence-corrected chi connectivity index (χ4v) is 4.92. The highest BCUT2D eigenvalue weighted by Crippen LogP contribution is 2.34. The molecule has 0 N–H and O–H groups in total. The lowest BCUT2D eigenvalue weighted by atomic mass is 10.1. The van der Waals surface area contributed by atoms with Gasteiger partial charge in [0, 0.05) is 0 Å². The molecule has 1 saturated heterocycles. The highest BCUT2D eigenvalue weighted by atomic mass is 32.2. The third kappa shape index (κ3) is 5.11. The van der Waals surface area contributed by atoms with Crippen LogP contribution in [-0.4, -0.2) is 16.1 Å². The van der Waals surface area contributed by atoms with E-state index < -0.39 is 0 Å². The minimum absolute atomic E-state index is 0.846. The smallest absolute Gasteiger partial charge is 0.0505 e. The van der Waals surface area contributed by atoms with Gasteiger partial charge in [-0.3, -0.25) is 0 Å². The third-order valence-electron chi connectivity index (χ3n) is 3.20. The van der Waals surface area contributed by atoms with Crippen LogP contribution in [0.1, 0.15) is 31.7 Å². The Morgan fingerprint density at radius 2 is 1.94 bits per heavy atom. The molecule has 1 heterocycles. The Labute approximate surface area is 120 Å². The van der Waals surface area contributed by atoms with Crippen molar-refractivity contribution in [2.24, 2.45) is 0 Å². The topological polar surface area (TPSA) is 0 Å². The molecule has 0 spiro atoms.